The Morgan fingerprint density at radius 2 is 1.87 bits per heavy atom. The minimum absolute atomic E-state index is 0.162. The fourth-order valence-electron chi connectivity index (χ4n) is 2.78. The van der Waals surface area contributed by atoms with Crippen LogP contribution < -0.4 is 11.1 Å². The number of anilines is 1. The van der Waals surface area contributed by atoms with Crippen molar-refractivity contribution in [2.24, 2.45) is 5.73 Å². The lowest BCUT2D eigenvalue weighted by Gasteiger charge is -2.11. The molecule has 23 heavy (non-hydrogen) atoms. The minimum Gasteiger partial charge on any atom is -0.373 e. The number of amides is 1. The molecule has 1 fully saturated rings. The van der Waals surface area contributed by atoms with Crippen molar-refractivity contribution in [3.05, 3.63) is 47.7 Å². The molecule has 0 unspecified atom stereocenters. The van der Waals surface area contributed by atoms with E-state index in [1.807, 2.05) is 6.92 Å². The van der Waals surface area contributed by atoms with Crippen LogP contribution in [0.3, 0.4) is 0 Å². The van der Waals surface area contributed by atoms with Gasteiger partial charge < -0.3 is 11.1 Å². The first-order valence-electron chi connectivity index (χ1n) is 7.35. The van der Waals surface area contributed by atoms with E-state index in [0.29, 0.717) is 5.56 Å². The lowest BCUT2D eigenvalue weighted by Crippen LogP contribution is -2.18. The molecule has 1 amide bonds. The van der Waals surface area contributed by atoms with Crippen molar-refractivity contribution in [2.75, 3.05) is 12.4 Å². The van der Waals surface area contributed by atoms with Gasteiger partial charge in [0.15, 0.2) is 0 Å². The molecule has 0 atom stereocenters. The number of nitrogens with two attached hydrogens (primary N) is 1. The summed E-state index contributed by atoms with van der Waals surface area (Å²) in [7, 11) is -2.22. The molecule has 0 spiro atoms. The number of primary amides is 1. The van der Waals surface area contributed by atoms with Crippen LogP contribution in [0.5, 0.6) is 0 Å². The number of aromatic nitrogens is 1. The van der Waals surface area contributed by atoms with Crippen LogP contribution in [0, 0.1) is 0 Å². The number of hydrogen-bond acceptors (Lipinski definition) is 4. The first-order valence-corrected chi connectivity index (χ1v) is 8.79. The second-order valence-corrected chi connectivity index (χ2v) is 7.87. The van der Waals surface area contributed by atoms with Crippen LogP contribution in [-0.2, 0) is 15.4 Å². The van der Waals surface area contributed by atoms with Crippen molar-refractivity contribution < 1.29 is 13.2 Å². The highest BCUT2D eigenvalue weighted by atomic mass is 32.2. The molecule has 1 aliphatic rings. The molecule has 0 bridgehead atoms. The summed E-state index contributed by atoms with van der Waals surface area (Å²) in [6.07, 6.45) is 3.35. The average Bonchev–Trinajstić information content (AvgIpc) is 3.14. The van der Waals surface area contributed by atoms with E-state index in [4.69, 9.17) is 5.73 Å². The van der Waals surface area contributed by atoms with Gasteiger partial charge in [-0.05, 0) is 36.0 Å². The van der Waals surface area contributed by atoms with Crippen LogP contribution in [0.15, 0.2) is 41.4 Å². The van der Waals surface area contributed by atoms with Gasteiger partial charge in [0.1, 0.15) is 5.82 Å². The first kappa shape index (κ1) is 15.6. The van der Waals surface area contributed by atoms with Gasteiger partial charge in [0.05, 0.1) is 10.5 Å². The fourth-order valence-corrected chi connectivity index (χ4v) is 4.17. The number of hydrogen-bond donors (Lipinski definition) is 2. The molecule has 0 radical (unpaired) electrons. The standard InChI is InChI=1S/C16H19N3O3S/c1-16(8-9-16)12-10-19(15(18-2)13(12)14(17)20)23(21,22)11-6-4-3-5-7-11/h3-7,10,18H,8-9H2,1-2H3,(H2,17,20). The second kappa shape index (κ2) is 5.13. The summed E-state index contributed by atoms with van der Waals surface area (Å²) >= 11 is 0. The normalized spacial score (nSPS) is 16.1. The molecule has 1 saturated carbocycles. The van der Waals surface area contributed by atoms with Crippen LogP contribution >= 0.6 is 0 Å². The van der Waals surface area contributed by atoms with Crippen molar-refractivity contribution in [3.8, 4) is 0 Å². The van der Waals surface area contributed by atoms with Crippen LogP contribution in [0.25, 0.3) is 0 Å². The van der Waals surface area contributed by atoms with Gasteiger partial charge in [0.2, 0.25) is 0 Å². The van der Waals surface area contributed by atoms with E-state index in [9.17, 15) is 13.2 Å². The van der Waals surface area contributed by atoms with Gasteiger partial charge in [-0.25, -0.2) is 12.4 Å². The van der Waals surface area contributed by atoms with Crippen LogP contribution in [0.4, 0.5) is 5.82 Å². The van der Waals surface area contributed by atoms with E-state index in [-0.39, 0.29) is 21.7 Å². The Morgan fingerprint density at radius 3 is 2.35 bits per heavy atom. The number of benzene rings is 1. The van der Waals surface area contributed by atoms with E-state index in [1.165, 1.54) is 18.3 Å². The summed E-state index contributed by atoms with van der Waals surface area (Å²) in [6.45, 7) is 2.01. The van der Waals surface area contributed by atoms with Gasteiger partial charge in [-0.1, -0.05) is 25.1 Å². The third-order valence-electron chi connectivity index (χ3n) is 4.41. The topological polar surface area (TPSA) is 94.2 Å². The van der Waals surface area contributed by atoms with Gasteiger partial charge >= 0.3 is 0 Å². The largest absolute Gasteiger partial charge is 0.373 e. The van der Waals surface area contributed by atoms with Gasteiger partial charge in [-0.3, -0.25) is 4.79 Å². The molecule has 0 aliphatic heterocycles. The molecule has 7 heteroatoms. The summed E-state index contributed by atoms with van der Waals surface area (Å²) in [5.41, 5.74) is 6.28. The third-order valence-corrected chi connectivity index (χ3v) is 6.08. The van der Waals surface area contributed by atoms with Crippen molar-refractivity contribution in [2.45, 2.75) is 30.1 Å². The lowest BCUT2D eigenvalue weighted by molar-refractivity contribution is 0.1000. The molecule has 3 N–H and O–H groups in total. The van der Waals surface area contributed by atoms with Gasteiger partial charge in [0.25, 0.3) is 15.9 Å². The second-order valence-electron chi connectivity index (χ2n) is 6.06. The first-order chi connectivity index (χ1) is 10.8. The number of carbonyl (C=O) groups is 1. The van der Waals surface area contributed by atoms with Gasteiger partial charge in [0, 0.05) is 13.2 Å². The van der Waals surface area contributed by atoms with Crippen LogP contribution in [-0.4, -0.2) is 25.3 Å². The van der Waals surface area contributed by atoms with E-state index in [2.05, 4.69) is 5.32 Å². The van der Waals surface area contributed by atoms with E-state index >= 15 is 0 Å². The minimum atomic E-state index is -3.80. The van der Waals surface area contributed by atoms with Crippen molar-refractivity contribution in [3.63, 3.8) is 0 Å². The molecule has 2 aromatic rings. The zero-order chi connectivity index (χ0) is 16.8. The Bertz CT molecular complexity index is 865. The maximum atomic E-state index is 12.9. The summed E-state index contributed by atoms with van der Waals surface area (Å²) in [6, 6.07) is 8.12. The van der Waals surface area contributed by atoms with Gasteiger partial charge in [-0.2, -0.15) is 0 Å². The van der Waals surface area contributed by atoms with E-state index < -0.39 is 15.9 Å². The maximum absolute atomic E-state index is 12.9. The fraction of sp³-hybridized carbons (Fsp3) is 0.312. The highest BCUT2D eigenvalue weighted by Gasteiger charge is 2.44. The monoisotopic (exact) mass is 333 g/mol. The molecule has 3 rings (SSSR count). The SMILES string of the molecule is CNc1c(C(N)=O)c(C2(C)CC2)cn1S(=O)(=O)c1ccccc1. The smallest absolute Gasteiger partial charge is 0.269 e. The highest BCUT2D eigenvalue weighted by molar-refractivity contribution is 7.90. The van der Waals surface area contributed by atoms with Crippen LogP contribution in [0.1, 0.15) is 35.7 Å². The quantitative estimate of drug-likeness (QED) is 0.874. The van der Waals surface area contributed by atoms with Crippen LogP contribution in [0.2, 0.25) is 0 Å². The highest BCUT2D eigenvalue weighted by Crippen LogP contribution is 2.50. The van der Waals surface area contributed by atoms with Crippen molar-refractivity contribution in [1.82, 2.24) is 3.97 Å². The van der Waals surface area contributed by atoms with Crippen molar-refractivity contribution in [1.29, 1.82) is 0 Å². The molecule has 0 saturated heterocycles. The lowest BCUT2D eigenvalue weighted by atomic mass is 9.97. The van der Waals surface area contributed by atoms with E-state index in [1.54, 1.807) is 25.2 Å². The van der Waals surface area contributed by atoms with E-state index in [0.717, 1.165) is 16.8 Å². The molecular weight excluding hydrogens is 314 g/mol. The Labute approximate surface area is 135 Å². The summed E-state index contributed by atoms with van der Waals surface area (Å²) in [5.74, 6) is -0.413. The Hall–Kier alpha value is -2.28. The predicted molar refractivity (Wildman–Crippen MR) is 88.1 cm³/mol. The summed E-state index contributed by atoms with van der Waals surface area (Å²) in [5, 5.41) is 2.82. The average molecular weight is 333 g/mol. The summed E-state index contributed by atoms with van der Waals surface area (Å²) < 4.78 is 27.0. The van der Waals surface area contributed by atoms with Gasteiger partial charge in [-0.15, -0.1) is 0 Å². The third kappa shape index (κ3) is 2.41. The Kier molecular flexibility index (Phi) is 3.48. The number of rotatable bonds is 5. The molecular formula is C16H19N3O3S. The zero-order valence-electron chi connectivity index (χ0n) is 13.0. The molecule has 6 nitrogen and oxygen atoms in total. The predicted octanol–water partition coefficient (Wildman–Crippen LogP) is 1.92. The molecule has 1 aromatic heterocycles. The molecule has 1 heterocycles. The Morgan fingerprint density at radius 1 is 1.26 bits per heavy atom. The number of carbonyl (C=O) groups excluding carboxylic acids is 1. The number of nitrogens with one attached hydrogen (secondary N) is 1. The molecule has 122 valence electrons. The molecule has 1 aromatic carbocycles. The number of nitrogens with zero attached hydrogens (tertiary/aromatic N) is 1. The maximum Gasteiger partial charge on any atom is 0.269 e. The zero-order valence-corrected chi connectivity index (χ0v) is 13.9. The molecule has 1 aliphatic carbocycles. The Balaban J connectivity index is 2.27. The van der Waals surface area contributed by atoms with Crippen molar-refractivity contribution >= 4 is 21.7 Å². The summed E-state index contributed by atoms with van der Waals surface area (Å²) in [4.78, 5) is 12.1.